The van der Waals surface area contributed by atoms with E-state index in [1.54, 1.807) is 30.3 Å². The lowest BCUT2D eigenvalue weighted by molar-refractivity contribution is -0.234. The van der Waals surface area contributed by atoms with E-state index in [0.717, 1.165) is 17.7 Å². The maximum Gasteiger partial charge on any atom is 0.416 e. The van der Waals surface area contributed by atoms with Crippen molar-refractivity contribution in [2.75, 3.05) is 6.54 Å². The lowest BCUT2D eigenvalue weighted by Gasteiger charge is -2.39. The van der Waals surface area contributed by atoms with Crippen molar-refractivity contribution in [3.05, 3.63) is 65.7 Å². The van der Waals surface area contributed by atoms with E-state index in [1.165, 1.54) is 12.1 Å². The third kappa shape index (κ3) is 6.21. The summed E-state index contributed by atoms with van der Waals surface area (Å²) in [5.74, 6) is -1.27. The monoisotopic (exact) mass is 471 g/mol. The van der Waals surface area contributed by atoms with E-state index < -0.39 is 54.5 Å². The Kier molecular flexibility index (Phi) is 7.92. The van der Waals surface area contributed by atoms with Crippen LogP contribution in [0.5, 0.6) is 5.75 Å². The number of ether oxygens (including phenoxy) is 2. The van der Waals surface area contributed by atoms with Gasteiger partial charge in [0.2, 0.25) is 0 Å². The number of halogens is 3. The van der Waals surface area contributed by atoms with Gasteiger partial charge >= 0.3 is 12.1 Å². The summed E-state index contributed by atoms with van der Waals surface area (Å²) < 4.78 is 49.5. The summed E-state index contributed by atoms with van der Waals surface area (Å²) in [4.78, 5) is 11.2. The number of benzene rings is 2. The van der Waals surface area contributed by atoms with Crippen LogP contribution in [0.15, 0.2) is 54.6 Å². The van der Waals surface area contributed by atoms with Crippen LogP contribution < -0.4 is 10.1 Å². The van der Waals surface area contributed by atoms with Crippen LogP contribution in [0.2, 0.25) is 0 Å². The summed E-state index contributed by atoms with van der Waals surface area (Å²) >= 11 is 0. The number of carboxylic acids is 1. The molecule has 2 aromatic rings. The molecule has 0 aliphatic carbocycles. The summed E-state index contributed by atoms with van der Waals surface area (Å²) in [6.07, 6.45) is -12.9. The summed E-state index contributed by atoms with van der Waals surface area (Å²) in [6.45, 7) is 0.122. The maximum absolute atomic E-state index is 12.8. The Bertz CT molecular complexity index is 910. The first-order chi connectivity index (χ1) is 15.6. The third-order valence-electron chi connectivity index (χ3n) is 5.24. The summed E-state index contributed by atoms with van der Waals surface area (Å²) in [6, 6.07) is 13.2. The highest BCUT2D eigenvalue weighted by molar-refractivity contribution is 5.73. The van der Waals surface area contributed by atoms with E-state index in [9.17, 15) is 33.3 Å². The number of aliphatic hydroxyl groups excluding tert-OH is 3. The first-order valence-corrected chi connectivity index (χ1v) is 10.1. The Hall–Kier alpha value is -2.70. The molecule has 0 aromatic heterocycles. The van der Waals surface area contributed by atoms with E-state index in [1.807, 2.05) is 0 Å². The molecule has 0 amide bonds. The molecule has 6 atom stereocenters. The number of hydrogen-bond acceptors (Lipinski definition) is 7. The number of aliphatic hydroxyl groups is 3. The molecule has 5 N–H and O–H groups in total. The molecule has 0 saturated carbocycles. The predicted molar refractivity (Wildman–Crippen MR) is 108 cm³/mol. The lowest BCUT2D eigenvalue weighted by Crippen LogP contribution is -2.63. The number of aliphatic carboxylic acids is 1. The number of rotatable bonds is 8. The van der Waals surface area contributed by atoms with Crippen molar-refractivity contribution in [2.45, 2.75) is 49.3 Å². The van der Waals surface area contributed by atoms with Crippen LogP contribution in [0.1, 0.15) is 23.7 Å². The van der Waals surface area contributed by atoms with Crippen molar-refractivity contribution < 1.29 is 47.9 Å². The molecule has 33 heavy (non-hydrogen) atoms. The Labute approximate surface area is 187 Å². The van der Waals surface area contributed by atoms with Gasteiger partial charge in [-0.3, -0.25) is 5.32 Å². The van der Waals surface area contributed by atoms with Crippen molar-refractivity contribution in [3.63, 3.8) is 0 Å². The average molecular weight is 471 g/mol. The molecule has 1 unspecified atom stereocenters. The van der Waals surface area contributed by atoms with E-state index in [0.29, 0.717) is 0 Å². The molecule has 1 aliphatic rings. The average Bonchev–Trinajstić information content (AvgIpc) is 2.78. The normalized spacial score (nSPS) is 26.5. The van der Waals surface area contributed by atoms with Gasteiger partial charge in [0.05, 0.1) is 5.56 Å². The van der Waals surface area contributed by atoms with Gasteiger partial charge in [0.15, 0.2) is 6.10 Å². The minimum atomic E-state index is -4.46. The van der Waals surface area contributed by atoms with E-state index in [4.69, 9.17) is 14.6 Å². The molecule has 1 saturated heterocycles. The molecule has 0 radical (unpaired) electrons. The first kappa shape index (κ1) is 24.9. The molecule has 8 nitrogen and oxygen atoms in total. The Morgan fingerprint density at radius 2 is 1.64 bits per heavy atom. The quantitative estimate of drug-likeness (QED) is 0.394. The number of carbonyl (C=O) groups is 1. The van der Waals surface area contributed by atoms with Crippen LogP contribution in [0, 0.1) is 0 Å². The predicted octanol–water partition coefficient (Wildman–Crippen LogP) is 1.70. The van der Waals surface area contributed by atoms with Gasteiger partial charge in [-0.2, -0.15) is 13.2 Å². The highest BCUT2D eigenvalue weighted by atomic mass is 19.4. The first-order valence-electron chi connectivity index (χ1n) is 10.1. The van der Waals surface area contributed by atoms with Crippen LogP contribution in [0.25, 0.3) is 0 Å². The molecular formula is C22H24F3NO7. The third-order valence-corrected chi connectivity index (χ3v) is 5.24. The molecule has 180 valence electrons. The SMILES string of the molecule is O=C(O)[C@H]1O[C@@H](NCCC(Oc2ccc(C(F)(F)F)cc2)c2ccccc2)[C@H](O)[C@@H](O)[C@@H]1O. The van der Waals surface area contributed by atoms with Crippen LogP contribution in [0.4, 0.5) is 13.2 Å². The molecule has 2 aromatic carbocycles. The van der Waals surface area contributed by atoms with Gasteiger partial charge < -0.3 is 29.9 Å². The van der Waals surface area contributed by atoms with Crippen molar-refractivity contribution in [3.8, 4) is 5.75 Å². The molecule has 11 heteroatoms. The van der Waals surface area contributed by atoms with Gasteiger partial charge in [0, 0.05) is 13.0 Å². The van der Waals surface area contributed by atoms with Gasteiger partial charge in [0.1, 0.15) is 36.4 Å². The Balaban J connectivity index is 1.67. The summed E-state index contributed by atoms with van der Waals surface area (Å²) in [5, 5.41) is 41.7. The zero-order valence-electron chi connectivity index (χ0n) is 17.2. The standard InChI is InChI=1S/C22H24F3NO7/c23-22(24,25)13-6-8-14(9-7-13)32-15(12-4-2-1-3-5-12)10-11-26-20-18(29)16(27)17(28)19(33-20)21(30)31/h1-9,15-20,26-29H,10-11H2,(H,30,31)/t15?,16-,17-,18+,19-,20+/m0/s1. The Morgan fingerprint density at radius 3 is 2.21 bits per heavy atom. The van der Waals surface area contributed by atoms with Crippen molar-refractivity contribution >= 4 is 5.97 Å². The van der Waals surface area contributed by atoms with Crippen LogP contribution in [-0.4, -0.2) is 63.6 Å². The number of alkyl halides is 3. The Morgan fingerprint density at radius 1 is 1.00 bits per heavy atom. The topological polar surface area (TPSA) is 128 Å². The van der Waals surface area contributed by atoms with Crippen molar-refractivity contribution in [1.29, 1.82) is 0 Å². The molecule has 1 fully saturated rings. The second-order valence-corrected chi connectivity index (χ2v) is 7.57. The van der Waals surface area contributed by atoms with Crippen LogP contribution >= 0.6 is 0 Å². The van der Waals surface area contributed by atoms with E-state index in [-0.39, 0.29) is 18.7 Å². The molecule has 1 heterocycles. The van der Waals surface area contributed by atoms with E-state index in [2.05, 4.69) is 5.32 Å². The van der Waals surface area contributed by atoms with Gasteiger partial charge in [-0.05, 0) is 29.8 Å². The second kappa shape index (κ2) is 10.5. The van der Waals surface area contributed by atoms with Crippen LogP contribution in [-0.2, 0) is 15.7 Å². The smallest absolute Gasteiger partial charge is 0.416 e. The highest BCUT2D eigenvalue weighted by Crippen LogP contribution is 2.32. The molecular weight excluding hydrogens is 447 g/mol. The molecule has 0 bridgehead atoms. The number of hydrogen-bond donors (Lipinski definition) is 5. The largest absolute Gasteiger partial charge is 0.486 e. The molecule has 3 rings (SSSR count). The van der Waals surface area contributed by atoms with E-state index >= 15 is 0 Å². The molecule has 0 spiro atoms. The number of carboxylic acid groups (broad SMARTS) is 1. The minimum Gasteiger partial charge on any atom is -0.486 e. The fourth-order valence-electron chi connectivity index (χ4n) is 3.46. The second-order valence-electron chi connectivity index (χ2n) is 7.57. The van der Waals surface area contributed by atoms with Crippen molar-refractivity contribution in [2.24, 2.45) is 0 Å². The highest BCUT2D eigenvalue weighted by Gasteiger charge is 2.46. The summed E-state index contributed by atoms with van der Waals surface area (Å²) in [7, 11) is 0. The number of nitrogens with one attached hydrogen (secondary N) is 1. The fraction of sp³-hybridized carbons (Fsp3) is 0.409. The van der Waals surface area contributed by atoms with Crippen LogP contribution in [0.3, 0.4) is 0 Å². The van der Waals surface area contributed by atoms with Crippen molar-refractivity contribution in [1.82, 2.24) is 5.32 Å². The van der Waals surface area contributed by atoms with Gasteiger partial charge in [-0.1, -0.05) is 30.3 Å². The zero-order valence-corrected chi connectivity index (χ0v) is 17.2. The van der Waals surface area contributed by atoms with Gasteiger partial charge in [0.25, 0.3) is 0 Å². The lowest BCUT2D eigenvalue weighted by atomic mass is 9.98. The minimum absolute atomic E-state index is 0.122. The van der Waals surface area contributed by atoms with Gasteiger partial charge in [-0.15, -0.1) is 0 Å². The zero-order chi connectivity index (χ0) is 24.2. The molecule has 1 aliphatic heterocycles. The van der Waals surface area contributed by atoms with Gasteiger partial charge in [-0.25, -0.2) is 4.79 Å². The maximum atomic E-state index is 12.8. The summed E-state index contributed by atoms with van der Waals surface area (Å²) in [5.41, 5.74) is -0.0619. The fourth-order valence-corrected chi connectivity index (χ4v) is 3.46.